The Morgan fingerprint density at radius 1 is 1.15 bits per heavy atom. The number of likely N-dealkylation sites (tertiary alicyclic amines) is 1. The van der Waals surface area contributed by atoms with Gasteiger partial charge in [-0.25, -0.2) is 4.79 Å². The molecular formula is C31H33ClN2O5. The molecule has 0 amide bonds. The van der Waals surface area contributed by atoms with E-state index in [1.807, 2.05) is 48.5 Å². The van der Waals surface area contributed by atoms with Crippen LogP contribution in [-0.4, -0.2) is 51.3 Å². The van der Waals surface area contributed by atoms with Crippen molar-refractivity contribution >= 4 is 23.1 Å². The first-order valence-corrected chi connectivity index (χ1v) is 13.6. The second-order valence-corrected chi connectivity index (χ2v) is 11.1. The van der Waals surface area contributed by atoms with Crippen LogP contribution in [0.3, 0.4) is 0 Å². The fraction of sp³-hybridized carbons (Fsp3) is 0.355. The number of rotatable bonds is 7. The number of nitrogens with zero attached hydrogens (tertiary/aromatic N) is 2. The largest absolute Gasteiger partial charge is 0.487 e. The molecule has 2 N–H and O–H groups in total. The number of carbonyl (C=O) groups is 1. The SMILES string of the molecule is CC(C)(Oc1ccc2c(c1)C(=CCCN1CCC(O)(c3ccc(Cl)cc3)CC1)c1cccnc1CO2)C(=O)O. The molecule has 0 unspecified atom stereocenters. The van der Waals surface area contributed by atoms with Gasteiger partial charge in [0.2, 0.25) is 0 Å². The minimum Gasteiger partial charge on any atom is -0.487 e. The van der Waals surface area contributed by atoms with E-state index in [2.05, 4.69) is 16.0 Å². The van der Waals surface area contributed by atoms with Crippen LogP contribution in [0, 0.1) is 0 Å². The van der Waals surface area contributed by atoms with Crippen LogP contribution in [0.25, 0.3) is 5.57 Å². The van der Waals surface area contributed by atoms with Gasteiger partial charge < -0.3 is 24.6 Å². The molecular weight excluding hydrogens is 516 g/mol. The van der Waals surface area contributed by atoms with Gasteiger partial charge in [-0.15, -0.1) is 0 Å². The molecule has 5 rings (SSSR count). The highest BCUT2D eigenvalue weighted by molar-refractivity contribution is 6.30. The summed E-state index contributed by atoms with van der Waals surface area (Å²) in [4.78, 5) is 18.5. The van der Waals surface area contributed by atoms with Gasteiger partial charge in [-0.1, -0.05) is 35.9 Å². The van der Waals surface area contributed by atoms with E-state index >= 15 is 0 Å². The first-order chi connectivity index (χ1) is 18.6. The Hall–Kier alpha value is -3.39. The van der Waals surface area contributed by atoms with Gasteiger partial charge in [-0.05, 0) is 80.6 Å². The van der Waals surface area contributed by atoms with Crippen LogP contribution in [0.1, 0.15) is 55.5 Å². The third-order valence-corrected chi connectivity index (χ3v) is 7.78. The number of ether oxygens (including phenoxy) is 2. The molecule has 0 atom stereocenters. The first kappa shape index (κ1) is 27.2. The van der Waals surface area contributed by atoms with Crippen LogP contribution >= 0.6 is 11.6 Å². The summed E-state index contributed by atoms with van der Waals surface area (Å²) in [5.41, 5.74) is 2.38. The minimum atomic E-state index is -1.37. The summed E-state index contributed by atoms with van der Waals surface area (Å²) in [5, 5.41) is 21.4. The number of aliphatic hydroxyl groups is 1. The number of halogens is 1. The highest BCUT2D eigenvalue weighted by Gasteiger charge is 2.34. The van der Waals surface area contributed by atoms with Crippen LogP contribution in [0.15, 0.2) is 66.9 Å². The number of carboxylic acid groups (broad SMARTS) is 1. The van der Waals surface area contributed by atoms with Crippen molar-refractivity contribution in [2.24, 2.45) is 0 Å². The molecule has 0 saturated carbocycles. The Morgan fingerprint density at radius 3 is 2.62 bits per heavy atom. The fourth-order valence-corrected chi connectivity index (χ4v) is 5.27. The smallest absolute Gasteiger partial charge is 0.347 e. The highest BCUT2D eigenvalue weighted by Crippen LogP contribution is 2.39. The molecule has 1 saturated heterocycles. The van der Waals surface area contributed by atoms with Gasteiger partial charge in [0.15, 0.2) is 5.60 Å². The molecule has 204 valence electrons. The van der Waals surface area contributed by atoms with Crippen molar-refractivity contribution in [3.8, 4) is 11.5 Å². The van der Waals surface area contributed by atoms with E-state index in [0.29, 0.717) is 36.0 Å². The number of hydrogen-bond acceptors (Lipinski definition) is 6. The van der Waals surface area contributed by atoms with Crippen LogP contribution in [0.4, 0.5) is 0 Å². The zero-order chi connectivity index (χ0) is 27.6. The van der Waals surface area contributed by atoms with Gasteiger partial charge in [0, 0.05) is 42.0 Å². The van der Waals surface area contributed by atoms with Crippen molar-refractivity contribution in [3.63, 3.8) is 0 Å². The molecule has 0 spiro atoms. The molecule has 8 heteroatoms. The molecule has 0 aliphatic carbocycles. The molecule has 39 heavy (non-hydrogen) atoms. The molecule has 0 bridgehead atoms. The third-order valence-electron chi connectivity index (χ3n) is 7.53. The Morgan fingerprint density at radius 2 is 1.90 bits per heavy atom. The average Bonchev–Trinajstić information content (AvgIpc) is 3.07. The predicted molar refractivity (Wildman–Crippen MR) is 150 cm³/mol. The van der Waals surface area contributed by atoms with Gasteiger partial charge in [0.05, 0.1) is 11.3 Å². The predicted octanol–water partition coefficient (Wildman–Crippen LogP) is 5.67. The molecule has 3 heterocycles. The number of fused-ring (bicyclic) bond motifs is 2. The van der Waals surface area contributed by atoms with Crippen molar-refractivity contribution < 1.29 is 24.5 Å². The van der Waals surface area contributed by atoms with Crippen molar-refractivity contribution in [2.75, 3.05) is 19.6 Å². The van der Waals surface area contributed by atoms with Gasteiger partial charge in [-0.3, -0.25) is 4.98 Å². The van der Waals surface area contributed by atoms with E-state index in [-0.39, 0.29) is 0 Å². The molecule has 2 aliphatic rings. The number of aliphatic carboxylic acids is 1. The monoisotopic (exact) mass is 548 g/mol. The molecule has 1 fully saturated rings. The van der Waals surface area contributed by atoms with Gasteiger partial charge in [0.1, 0.15) is 18.1 Å². The number of aromatic nitrogens is 1. The minimum absolute atomic E-state index is 0.344. The lowest BCUT2D eigenvalue weighted by Crippen LogP contribution is -2.42. The number of hydrogen-bond donors (Lipinski definition) is 2. The Labute approximate surface area is 233 Å². The van der Waals surface area contributed by atoms with E-state index < -0.39 is 17.2 Å². The lowest BCUT2D eigenvalue weighted by atomic mass is 9.84. The molecule has 0 radical (unpaired) electrons. The summed E-state index contributed by atoms with van der Waals surface area (Å²) in [6.45, 7) is 5.83. The van der Waals surface area contributed by atoms with Crippen LogP contribution in [-0.2, 0) is 17.0 Å². The lowest BCUT2D eigenvalue weighted by molar-refractivity contribution is -0.152. The second-order valence-electron chi connectivity index (χ2n) is 10.6. The van der Waals surface area contributed by atoms with E-state index in [4.69, 9.17) is 21.1 Å². The normalized spacial score (nSPS) is 18.0. The molecule has 7 nitrogen and oxygen atoms in total. The molecule has 2 aliphatic heterocycles. The number of pyridine rings is 1. The molecule has 1 aromatic heterocycles. The maximum Gasteiger partial charge on any atom is 0.347 e. The van der Waals surface area contributed by atoms with Gasteiger partial charge in [-0.2, -0.15) is 0 Å². The number of carboxylic acids is 1. The van der Waals surface area contributed by atoms with Crippen LogP contribution in [0.5, 0.6) is 11.5 Å². The number of piperidine rings is 1. The summed E-state index contributed by atoms with van der Waals surface area (Å²) in [6, 6.07) is 16.8. The Bertz CT molecular complexity index is 1380. The third kappa shape index (κ3) is 5.96. The zero-order valence-electron chi connectivity index (χ0n) is 22.2. The van der Waals surface area contributed by atoms with E-state index in [1.54, 1.807) is 12.3 Å². The van der Waals surface area contributed by atoms with E-state index in [1.165, 1.54) is 13.8 Å². The van der Waals surface area contributed by atoms with Crippen molar-refractivity contribution in [1.29, 1.82) is 0 Å². The Kier molecular flexibility index (Phi) is 7.67. The maximum absolute atomic E-state index is 11.6. The highest BCUT2D eigenvalue weighted by atomic mass is 35.5. The summed E-state index contributed by atoms with van der Waals surface area (Å²) in [7, 11) is 0. The maximum atomic E-state index is 11.6. The second kappa shape index (κ2) is 11.0. The van der Waals surface area contributed by atoms with Crippen molar-refractivity contribution in [2.45, 2.75) is 50.9 Å². The van der Waals surface area contributed by atoms with Gasteiger partial charge in [0.25, 0.3) is 0 Å². The standard InChI is InChI=1S/C31H33ClN2O5/c1-30(2,29(35)36)39-23-11-12-28-26(19-23)24(25-5-3-15-33-27(25)20-38-28)6-4-16-34-17-13-31(37,14-18-34)21-7-9-22(32)10-8-21/h3,5-12,15,19,37H,4,13-14,16-18,20H2,1-2H3,(H,35,36). The zero-order valence-corrected chi connectivity index (χ0v) is 22.9. The molecule has 2 aromatic carbocycles. The number of benzene rings is 2. The van der Waals surface area contributed by atoms with Crippen molar-refractivity contribution in [1.82, 2.24) is 9.88 Å². The summed E-state index contributed by atoms with van der Waals surface area (Å²) < 4.78 is 11.9. The summed E-state index contributed by atoms with van der Waals surface area (Å²) >= 11 is 6.03. The summed E-state index contributed by atoms with van der Waals surface area (Å²) in [6.07, 6.45) is 6.06. The summed E-state index contributed by atoms with van der Waals surface area (Å²) in [5.74, 6) is 0.120. The molecule has 3 aromatic rings. The fourth-order valence-electron chi connectivity index (χ4n) is 5.14. The average molecular weight is 549 g/mol. The topological polar surface area (TPSA) is 92.1 Å². The van der Waals surface area contributed by atoms with E-state index in [0.717, 1.165) is 54.0 Å². The van der Waals surface area contributed by atoms with Crippen LogP contribution < -0.4 is 9.47 Å². The van der Waals surface area contributed by atoms with Crippen molar-refractivity contribution in [3.05, 3.63) is 94.3 Å². The van der Waals surface area contributed by atoms with Crippen LogP contribution in [0.2, 0.25) is 5.02 Å². The first-order valence-electron chi connectivity index (χ1n) is 13.2. The quantitative estimate of drug-likeness (QED) is 0.393. The van der Waals surface area contributed by atoms with E-state index in [9.17, 15) is 15.0 Å². The lowest BCUT2D eigenvalue weighted by Gasteiger charge is -2.38. The van der Waals surface area contributed by atoms with Gasteiger partial charge >= 0.3 is 5.97 Å². The Balaban J connectivity index is 1.35.